The maximum Gasteiger partial charge on any atom is 0.251 e. The van der Waals surface area contributed by atoms with Crippen molar-refractivity contribution < 1.29 is 13.9 Å². The third kappa shape index (κ3) is 2.38. The van der Waals surface area contributed by atoms with Gasteiger partial charge < -0.3 is 5.11 Å². The number of likely N-dealkylation sites (tertiary alicyclic amines) is 1. The Labute approximate surface area is 71.2 Å². The molecule has 1 N–H and O–H groups in total. The van der Waals surface area contributed by atoms with Crippen LogP contribution < -0.4 is 0 Å². The molecule has 0 saturated carbocycles. The van der Waals surface area contributed by atoms with Crippen LogP contribution in [0.4, 0.5) is 8.78 Å². The zero-order valence-corrected chi connectivity index (χ0v) is 7.21. The number of aliphatic hydroxyl groups is 1. The average Bonchev–Trinajstić information content (AvgIpc) is 1.98. The van der Waals surface area contributed by atoms with Gasteiger partial charge in [-0.15, -0.1) is 0 Å². The molecule has 2 nitrogen and oxygen atoms in total. The minimum atomic E-state index is -2.29. The fourth-order valence-corrected chi connectivity index (χ4v) is 1.63. The maximum absolute atomic E-state index is 12.0. The fraction of sp³-hybridized carbons (Fsp3) is 1.00. The highest BCUT2D eigenvalue weighted by molar-refractivity contribution is 4.80. The van der Waals surface area contributed by atoms with Crippen molar-refractivity contribution in [3.63, 3.8) is 0 Å². The molecule has 0 aromatic heterocycles. The fourth-order valence-electron chi connectivity index (χ4n) is 1.63. The topological polar surface area (TPSA) is 23.5 Å². The van der Waals surface area contributed by atoms with Gasteiger partial charge >= 0.3 is 0 Å². The van der Waals surface area contributed by atoms with Crippen LogP contribution in [0.3, 0.4) is 0 Å². The lowest BCUT2D eigenvalue weighted by Crippen LogP contribution is -2.48. The van der Waals surface area contributed by atoms with Crippen molar-refractivity contribution >= 4 is 0 Å². The Bertz CT molecular complexity index is 143. The van der Waals surface area contributed by atoms with Crippen LogP contribution in [0.2, 0.25) is 0 Å². The molecule has 0 aliphatic carbocycles. The summed E-state index contributed by atoms with van der Waals surface area (Å²) in [6, 6.07) is -0.118. The van der Waals surface area contributed by atoms with Gasteiger partial charge in [0.05, 0.1) is 12.6 Å². The standard InChI is InChI=1S/C8H15F2NO/c1-6-7(12)3-2-4-11(6)5-8(9)10/h6-8,12H,2-5H2,1H3. The first kappa shape index (κ1) is 9.86. The first-order chi connectivity index (χ1) is 5.61. The van der Waals surface area contributed by atoms with E-state index < -0.39 is 12.5 Å². The molecule has 4 heteroatoms. The third-order valence-electron chi connectivity index (χ3n) is 2.45. The molecule has 1 aliphatic rings. The Hall–Kier alpha value is -0.220. The van der Waals surface area contributed by atoms with E-state index >= 15 is 0 Å². The number of rotatable bonds is 2. The molecular formula is C8H15F2NO. The first-order valence-electron chi connectivity index (χ1n) is 4.31. The van der Waals surface area contributed by atoms with E-state index in [1.165, 1.54) is 0 Å². The van der Waals surface area contributed by atoms with Gasteiger partial charge in [-0.25, -0.2) is 8.78 Å². The largest absolute Gasteiger partial charge is 0.392 e. The minimum Gasteiger partial charge on any atom is -0.392 e. The predicted molar refractivity (Wildman–Crippen MR) is 42.3 cm³/mol. The molecule has 0 amide bonds. The van der Waals surface area contributed by atoms with Crippen LogP contribution in [0, 0.1) is 0 Å². The maximum atomic E-state index is 12.0. The molecule has 1 heterocycles. The summed E-state index contributed by atoms with van der Waals surface area (Å²) in [4.78, 5) is 1.65. The van der Waals surface area contributed by atoms with E-state index in [9.17, 15) is 13.9 Å². The first-order valence-corrected chi connectivity index (χ1v) is 4.31. The molecule has 1 aliphatic heterocycles. The molecule has 1 fully saturated rings. The Balaban J connectivity index is 2.41. The highest BCUT2D eigenvalue weighted by atomic mass is 19.3. The van der Waals surface area contributed by atoms with Crippen LogP contribution >= 0.6 is 0 Å². The Morgan fingerprint density at radius 1 is 1.58 bits per heavy atom. The normalized spacial score (nSPS) is 32.8. The van der Waals surface area contributed by atoms with E-state index in [-0.39, 0.29) is 12.6 Å². The Morgan fingerprint density at radius 2 is 2.25 bits per heavy atom. The Morgan fingerprint density at radius 3 is 2.83 bits per heavy atom. The summed E-state index contributed by atoms with van der Waals surface area (Å²) in [6.45, 7) is 2.27. The van der Waals surface area contributed by atoms with Crippen molar-refractivity contribution in [3.8, 4) is 0 Å². The lowest BCUT2D eigenvalue weighted by atomic mass is 10.0. The lowest BCUT2D eigenvalue weighted by Gasteiger charge is -2.36. The van der Waals surface area contributed by atoms with E-state index in [2.05, 4.69) is 0 Å². The van der Waals surface area contributed by atoms with Gasteiger partial charge in [0.15, 0.2) is 0 Å². The van der Waals surface area contributed by atoms with Crippen LogP contribution in [-0.2, 0) is 0 Å². The summed E-state index contributed by atoms with van der Waals surface area (Å²) < 4.78 is 24.0. The molecule has 0 radical (unpaired) electrons. The van der Waals surface area contributed by atoms with Crippen molar-refractivity contribution in [3.05, 3.63) is 0 Å². The molecule has 1 rings (SSSR count). The molecular weight excluding hydrogens is 164 g/mol. The van der Waals surface area contributed by atoms with Crippen molar-refractivity contribution in [1.29, 1.82) is 0 Å². The SMILES string of the molecule is CC1C(O)CCCN1CC(F)F. The van der Waals surface area contributed by atoms with Gasteiger partial charge in [0.1, 0.15) is 0 Å². The molecule has 2 atom stereocenters. The van der Waals surface area contributed by atoms with Crippen LogP contribution in [0.1, 0.15) is 19.8 Å². The Kier molecular flexibility index (Phi) is 3.40. The zero-order valence-electron chi connectivity index (χ0n) is 7.21. The third-order valence-corrected chi connectivity index (χ3v) is 2.45. The summed E-state index contributed by atoms with van der Waals surface area (Å²) in [6.07, 6.45) is -1.17. The van der Waals surface area contributed by atoms with Crippen LogP contribution in [-0.4, -0.2) is 41.7 Å². The van der Waals surface area contributed by atoms with Gasteiger partial charge in [-0.05, 0) is 26.3 Å². The minimum absolute atomic E-state index is 0.118. The number of hydrogen-bond acceptors (Lipinski definition) is 2. The van der Waals surface area contributed by atoms with E-state index in [1.807, 2.05) is 0 Å². The van der Waals surface area contributed by atoms with Gasteiger partial charge in [-0.1, -0.05) is 0 Å². The second-order valence-corrected chi connectivity index (χ2v) is 3.34. The number of nitrogens with zero attached hydrogens (tertiary/aromatic N) is 1. The smallest absolute Gasteiger partial charge is 0.251 e. The van der Waals surface area contributed by atoms with E-state index in [4.69, 9.17) is 0 Å². The number of alkyl halides is 2. The van der Waals surface area contributed by atoms with Gasteiger partial charge in [0.2, 0.25) is 0 Å². The second kappa shape index (κ2) is 4.14. The van der Waals surface area contributed by atoms with Crippen molar-refractivity contribution in [2.45, 2.75) is 38.3 Å². The van der Waals surface area contributed by atoms with E-state index in [1.54, 1.807) is 11.8 Å². The molecule has 12 heavy (non-hydrogen) atoms. The number of hydrogen-bond donors (Lipinski definition) is 1. The second-order valence-electron chi connectivity index (χ2n) is 3.34. The van der Waals surface area contributed by atoms with Crippen LogP contribution in [0.15, 0.2) is 0 Å². The van der Waals surface area contributed by atoms with E-state index in [0.717, 1.165) is 12.8 Å². The summed E-state index contributed by atoms with van der Waals surface area (Å²) in [5, 5.41) is 9.37. The summed E-state index contributed by atoms with van der Waals surface area (Å²) >= 11 is 0. The zero-order chi connectivity index (χ0) is 9.14. The summed E-state index contributed by atoms with van der Waals surface area (Å²) in [5.41, 5.74) is 0. The van der Waals surface area contributed by atoms with Crippen molar-refractivity contribution in [2.24, 2.45) is 0 Å². The predicted octanol–water partition coefficient (Wildman–Crippen LogP) is 1.10. The van der Waals surface area contributed by atoms with E-state index in [0.29, 0.717) is 6.54 Å². The van der Waals surface area contributed by atoms with Crippen molar-refractivity contribution in [1.82, 2.24) is 4.90 Å². The number of halogens is 2. The van der Waals surface area contributed by atoms with Gasteiger partial charge in [0.25, 0.3) is 6.43 Å². The van der Waals surface area contributed by atoms with Gasteiger partial charge in [-0.3, -0.25) is 4.90 Å². The molecule has 1 saturated heterocycles. The molecule has 0 spiro atoms. The summed E-state index contributed by atoms with van der Waals surface area (Å²) in [7, 11) is 0. The molecule has 2 unspecified atom stereocenters. The van der Waals surface area contributed by atoms with Crippen LogP contribution in [0.5, 0.6) is 0 Å². The molecule has 0 bridgehead atoms. The van der Waals surface area contributed by atoms with Crippen LogP contribution in [0.25, 0.3) is 0 Å². The van der Waals surface area contributed by atoms with Gasteiger partial charge in [-0.2, -0.15) is 0 Å². The van der Waals surface area contributed by atoms with Crippen molar-refractivity contribution in [2.75, 3.05) is 13.1 Å². The molecule has 72 valence electrons. The van der Waals surface area contributed by atoms with Gasteiger partial charge in [0, 0.05) is 6.04 Å². The highest BCUT2D eigenvalue weighted by Crippen LogP contribution is 2.17. The molecule has 0 aromatic rings. The monoisotopic (exact) mass is 179 g/mol. The lowest BCUT2D eigenvalue weighted by molar-refractivity contribution is -0.0109. The highest BCUT2D eigenvalue weighted by Gasteiger charge is 2.27. The quantitative estimate of drug-likeness (QED) is 0.686. The summed E-state index contributed by atoms with van der Waals surface area (Å²) in [5.74, 6) is 0. The number of piperidine rings is 1. The molecule has 0 aromatic carbocycles. The number of aliphatic hydroxyl groups excluding tert-OH is 1. The average molecular weight is 179 g/mol.